The number of aromatic nitrogens is 1. The van der Waals surface area contributed by atoms with Crippen molar-refractivity contribution < 1.29 is 18.3 Å². The van der Waals surface area contributed by atoms with Gasteiger partial charge in [-0.2, -0.15) is 4.37 Å². The van der Waals surface area contributed by atoms with Gasteiger partial charge in [0.1, 0.15) is 0 Å². The van der Waals surface area contributed by atoms with Gasteiger partial charge in [0.05, 0.1) is 13.2 Å². The maximum absolute atomic E-state index is 12.6. The number of hydrogen-bond acceptors (Lipinski definition) is 6. The molecule has 22 heavy (non-hydrogen) atoms. The topological polar surface area (TPSA) is 88.5 Å². The number of aliphatic hydroxyl groups is 1. The Balaban J connectivity index is 1.94. The highest BCUT2D eigenvalue weighted by Gasteiger charge is 2.36. The first kappa shape index (κ1) is 15.4. The molecule has 6 nitrogen and oxygen atoms in total. The molecule has 2 aromatic rings. The SMILES string of the molecule is COc1nscc1S(=O)(=O)N[C@H]1c2ccccc2C[C@H]1CO. The molecule has 0 aliphatic heterocycles. The van der Waals surface area contributed by atoms with Gasteiger partial charge in [0.25, 0.3) is 0 Å². The second-order valence-corrected chi connectivity index (χ2v) is 7.44. The smallest absolute Gasteiger partial charge is 0.247 e. The fraction of sp³-hybridized carbons (Fsp3) is 0.357. The van der Waals surface area contributed by atoms with E-state index in [-0.39, 0.29) is 23.3 Å². The number of hydrogen-bond donors (Lipinski definition) is 2. The van der Waals surface area contributed by atoms with Crippen molar-refractivity contribution in [2.75, 3.05) is 13.7 Å². The molecule has 2 N–H and O–H groups in total. The molecule has 2 atom stereocenters. The zero-order chi connectivity index (χ0) is 15.7. The van der Waals surface area contributed by atoms with Crippen molar-refractivity contribution in [3.63, 3.8) is 0 Å². The number of nitrogens with one attached hydrogen (secondary N) is 1. The summed E-state index contributed by atoms with van der Waals surface area (Å²) in [5, 5.41) is 11.0. The molecule has 1 aromatic heterocycles. The number of nitrogens with zero attached hydrogens (tertiary/aromatic N) is 1. The minimum Gasteiger partial charge on any atom is -0.479 e. The van der Waals surface area contributed by atoms with Gasteiger partial charge in [-0.25, -0.2) is 13.1 Å². The highest BCUT2D eigenvalue weighted by molar-refractivity contribution is 7.89. The Morgan fingerprint density at radius 1 is 1.45 bits per heavy atom. The molecule has 0 saturated heterocycles. The first-order valence-electron chi connectivity index (χ1n) is 6.76. The summed E-state index contributed by atoms with van der Waals surface area (Å²) in [6, 6.07) is 7.18. The van der Waals surface area contributed by atoms with Crippen molar-refractivity contribution in [2.24, 2.45) is 5.92 Å². The molecule has 1 heterocycles. The van der Waals surface area contributed by atoms with Crippen molar-refractivity contribution >= 4 is 21.6 Å². The fourth-order valence-electron chi connectivity index (χ4n) is 2.77. The lowest BCUT2D eigenvalue weighted by Crippen LogP contribution is -2.32. The Morgan fingerprint density at radius 2 is 2.23 bits per heavy atom. The second kappa shape index (κ2) is 5.96. The number of rotatable bonds is 5. The van der Waals surface area contributed by atoms with E-state index in [2.05, 4.69) is 9.10 Å². The summed E-state index contributed by atoms with van der Waals surface area (Å²) in [6.07, 6.45) is 0.652. The van der Waals surface area contributed by atoms with Gasteiger partial charge in [-0.3, -0.25) is 0 Å². The summed E-state index contributed by atoms with van der Waals surface area (Å²) in [5.74, 6) is -0.0888. The fourth-order valence-corrected chi connectivity index (χ4v) is 5.12. The highest BCUT2D eigenvalue weighted by atomic mass is 32.2. The van der Waals surface area contributed by atoms with Crippen LogP contribution < -0.4 is 9.46 Å². The third-order valence-corrected chi connectivity index (χ3v) is 6.05. The van der Waals surface area contributed by atoms with Gasteiger partial charge in [-0.05, 0) is 29.1 Å². The van der Waals surface area contributed by atoms with Gasteiger partial charge in [0.2, 0.25) is 15.9 Å². The highest BCUT2D eigenvalue weighted by Crippen LogP contribution is 2.37. The molecule has 0 saturated carbocycles. The number of fused-ring (bicyclic) bond motifs is 1. The monoisotopic (exact) mass is 340 g/mol. The summed E-state index contributed by atoms with van der Waals surface area (Å²) < 4.78 is 36.8. The Labute approximate surface area is 133 Å². The second-order valence-electron chi connectivity index (χ2n) is 5.13. The molecule has 1 aromatic carbocycles. The number of ether oxygens (including phenoxy) is 1. The number of sulfonamides is 1. The van der Waals surface area contributed by atoms with Crippen molar-refractivity contribution in [2.45, 2.75) is 17.4 Å². The lowest BCUT2D eigenvalue weighted by Gasteiger charge is -2.20. The van der Waals surface area contributed by atoms with Crippen LogP contribution in [0.5, 0.6) is 5.88 Å². The van der Waals surface area contributed by atoms with E-state index >= 15 is 0 Å². The lowest BCUT2D eigenvalue weighted by atomic mass is 10.0. The first-order chi connectivity index (χ1) is 10.6. The van der Waals surface area contributed by atoms with Crippen molar-refractivity contribution in [1.82, 2.24) is 9.10 Å². The van der Waals surface area contributed by atoms with Crippen LogP contribution in [0.15, 0.2) is 34.5 Å². The average Bonchev–Trinajstić information content (AvgIpc) is 3.12. The maximum atomic E-state index is 12.6. The summed E-state index contributed by atoms with van der Waals surface area (Å²) in [5.41, 5.74) is 1.97. The van der Waals surface area contributed by atoms with E-state index in [4.69, 9.17) is 4.74 Å². The summed E-state index contributed by atoms with van der Waals surface area (Å²) in [4.78, 5) is 0.0288. The van der Waals surface area contributed by atoms with Crippen LogP contribution >= 0.6 is 11.5 Å². The molecule has 0 radical (unpaired) electrons. The standard InChI is InChI=1S/C14H16N2O4S2/c1-20-14-12(8-21-15-14)22(18,19)16-13-10(7-17)6-9-4-2-3-5-11(9)13/h2-5,8,10,13,16-17H,6-7H2,1H3/t10-,13+/m0/s1. The third-order valence-electron chi connectivity index (χ3n) is 3.85. The minimum absolute atomic E-state index is 0.0288. The van der Waals surface area contributed by atoms with Crippen LogP contribution in [0.4, 0.5) is 0 Å². The zero-order valence-electron chi connectivity index (χ0n) is 11.9. The van der Waals surface area contributed by atoms with E-state index < -0.39 is 16.1 Å². The van der Waals surface area contributed by atoms with Gasteiger partial charge >= 0.3 is 0 Å². The van der Waals surface area contributed by atoms with Gasteiger partial charge in [0.15, 0.2) is 4.90 Å². The summed E-state index contributed by atoms with van der Waals surface area (Å²) >= 11 is 1.02. The van der Waals surface area contributed by atoms with Crippen LogP contribution in [0.25, 0.3) is 0 Å². The van der Waals surface area contributed by atoms with Crippen LogP contribution in [0.3, 0.4) is 0 Å². The predicted octanol–water partition coefficient (Wildman–Crippen LogP) is 1.34. The van der Waals surface area contributed by atoms with E-state index in [0.717, 1.165) is 22.7 Å². The molecule has 0 unspecified atom stereocenters. The molecule has 0 amide bonds. The summed E-state index contributed by atoms with van der Waals surface area (Å²) in [6.45, 7) is -0.0825. The zero-order valence-corrected chi connectivity index (χ0v) is 13.5. The van der Waals surface area contributed by atoms with Gasteiger partial charge in [0, 0.05) is 17.9 Å². The van der Waals surface area contributed by atoms with E-state index in [1.165, 1.54) is 12.5 Å². The average molecular weight is 340 g/mol. The predicted molar refractivity (Wildman–Crippen MR) is 82.5 cm³/mol. The first-order valence-corrected chi connectivity index (χ1v) is 9.08. The normalized spacial score (nSPS) is 20.8. The quantitative estimate of drug-likeness (QED) is 0.857. The Kier molecular flexibility index (Phi) is 4.18. The molecule has 3 rings (SSSR count). The molecule has 1 aliphatic carbocycles. The van der Waals surface area contributed by atoms with Crippen molar-refractivity contribution in [3.8, 4) is 5.88 Å². The molecule has 1 aliphatic rings. The van der Waals surface area contributed by atoms with Crippen molar-refractivity contribution in [3.05, 3.63) is 40.8 Å². The maximum Gasteiger partial charge on any atom is 0.247 e. The van der Waals surface area contributed by atoms with E-state index in [1.807, 2.05) is 24.3 Å². The van der Waals surface area contributed by atoms with Crippen LogP contribution in [0.2, 0.25) is 0 Å². The summed E-state index contributed by atoms with van der Waals surface area (Å²) in [7, 11) is -2.38. The van der Waals surface area contributed by atoms with E-state index in [1.54, 1.807) is 0 Å². The van der Waals surface area contributed by atoms with Crippen LogP contribution in [0, 0.1) is 5.92 Å². The van der Waals surface area contributed by atoms with Gasteiger partial charge in [-0.1, -0.05) is 24.3 Å². The van der Waals surface area contributed by atoms with E-state index in [9.17, 15) is 13.5 Å². The molecule has 0 spiro atoms. The van der Waals surface area contributed by atoms with Crippen LogP contribution in [-0.4, -0.2) is 31.6 Å². The Bertz CT molecular complexity index is 773. The van der Waals surface area contributed by atoms with Crippen LogP contribution in [-0.2, 0) is 16.4 Å². The molecular formula is C14H16N2O4S2. The van der Waals surface area contributed by atoms with Gasteiger partial charge in [-0.15, -0.1) is 0 Å². The largest absolute Gasteiger partial charge is 0.479 e. The molecule has 0 bridgehead atoms. The molecular weight excluding hydrogens is 324 g/mol. The van der Waals surface area contributed by atoms with Crippen molar-refractivity contribution in [1.29, 1.82) is 0 Å². The number of aliphatic hydroxyl groups excluding tert-OH is 1. The minimum atomic E-state index is -3.77. The molecule has 8 heteroatoms. The molecule has 0 fully saturated rings. The molecule has 118 valence electrons. The Hall–Kier alpha value is -1.48. The lowest BCUT2D eigenvalue weighted by molar-refractivity contribution is 0.208. The number of methoxy groups -OCH3 is 1. The van der Waals surface area contributed by atoms with Gasteiger partial charge < -0.3 is 9.84 Å². The Morgan fingerprint density at radius 3 is 2.95 bits per heavy atom. The number of benzene rings is 1. The third kappa shape index (κ3) is 2.63. The van der Waals surface area contributed by atoms with E-state index in [0.29, 0.717) is 6.42 Å². The van der Waals surface area contributed by atoms with Crippen LogP contribution in [0.1, 0.15) is 17.2 Å².